The maximum Gasteiger partial charge on any atom is 0.220 e. The highest BCUT2D eigenvalue weighted by Gasteiger charge is 2.34. The number of para-hydroxylation sites is 1. The number of amides is 1. The van der Waals surface area contributed by atoms with E-state index in [1.807, 2.05) is 4.90 Å². The van der Waals surface area contributed by atoms with Crippen molar-refractivity contribution in [2.24, 2.45) is 0 Å². The summed E-state index contributed by atoms with van der Waals surface area (Å²) in [5.41, 5.74) is 4.10. The van der Waals surface area contributed by atoms with Crippen LogP contribution in [0.5, 0.6) is 0 Å². The Morgan fingerprint density at radius 3 is 3.05 bits per heavy atom. The highest BCUT2D eigenvalue weighted by molar-refractivity contribution is 5.87. The lowest BCUT2D eigenvalue weighted by molar-refractivity contribution is -0.131. The van der Waals surface area contributed by atoms with Gasteiger partial charge in [0.05, 0.1) is 12.7 Å². The van der Waals surface area contributed by atoms with Gasteiger partial charge in [-0.1, -0.05) is 18.2 Å². The first-order valence-corrected chi connectivity index (χ1v) is 7.35. The number of aromatic nitrogens is 1. The summed E-state index contributed by atoms with van der Waals surface area (Å²) < 4.78 is 2.37. The molecule has 1 amide bonds. The normalized spacial score (nSPS) is 21.6. The highest BCUT2D eigenvalue weighted by Crippen LogP contribution is 2.39. The third kappa shape index (κ3) is 1.54. The van der Waals surface area contributed by atoms with Crippen LogP contribution in [-0.2, 0) is 17.9 Å². The molecule has 0 saturated carbocycles. The van der Waals surface area contributed by atoms with Gasteiger partial charge in [0.15, 0.2) is 0 Å². The van der Waals surface area contributed by atoms with E-state index in [1.54, 1.807) is 6.92 Å². The summed E-state index contributed by atoms with van der Waals surface area (Å²) in [7, 11) is 0. The van der Waals surface area contributed by atoms with Crippen LogP contribution in [0.2, 0.25) is 0 Å². The van der Waals surface area contributed by atoms with Gasteiger partial charge in [0.25, 0.3) is 0 Å². The molecule has 4 heteroatoms. The molecule has 3 heterocycles. The third-order valence-corrected chi connectivity index (χ3v) is 4.68. The SMILES string of the molecule is CC(=O)N1CCc2c3n(c4ccccc24)CNCCC31. The molecule has 0 saturated heterocycles. The Kier molecular flexibility index (Phi) is 2.60. The van der Waals surface area contributed by atoms with E-state index in [1.165, 1.54) is 22.2 Å². The van der Waals surface area contributed by atoms with Gasteiger partial charge in [0, 0.05) is 30.1 Å². The predicted molar refractivity (Wildman–Crippen MR) is 78.4 cm³/mol. The standard InChI is InChI=1S/C16H19N3O/c1-11(20)18-9-7-13-12-4-2-3-5-14(12)19-10-17-8-6-15(18)16(13)19/h2-5,15,17H,6-10H2,1H3. The van der Waals surface area contributed by atoms with E-state index in [9.17, 15) is 4.79 Å². The lowest BCUT2D eigenvalue weighted by Crippen LogP contribution is -2.39. The van der Waals surface area contributed by atoms with Crippen molar-refractivity contribution in [3.05, 3.63) is 35.5 Å². The zero-order chi connectivity index (χ0) is 13.7. The molecule has 20 heavy (non-hydrogen) atoms. The molecule has 4 nitrogen and oxygen atoms in total. The van der Waals surface area contributed by atoms with Gasteiger partial charge in [-0.05, 0) is 31.0 Å². The van der Waals surface area contributed by atoms with Gasteiger partial charge in [-0.2, -0.15) is 0 Å². The highest BCUT2D eigenvalue weighted by atomic mass is 16.2. The molecule has 0 bridgehead atoms. The van der Waals surface area contributed by atoms with Gasteiger partial charge in [0.1, 0.15) is 0 Å². The van der Waals surface area contributed by atoms with Crippen LogP contribution in [0.25, 0.3) is 10.9 Å². The molecule has 0 aliphatic carbocycles. The largest absolute Gasteiger partial charge is 0.334 e. The molecule has 2 aliphatic heterocycles. The Hall–Kier alpha value is -1.81. The summed E-state index contributed by atoms with van der Waals surface area (Å²) in [6, 6.07) is 8.85. The van der Waals surface area contributed by atoms with E-state index >= 15 is 0 Å². The smallest absolute Gasteiger partial charge is 0.220 e. The summed E-state index contributed by atoms with van der Waals surface area (Å²) in [6.45, 7) is 4.35. The number of carbonyl (C=O) groups is 1. The summed E-state index contributed by atoms with van der Waals surface area (Å²) >= 11 is 0. The number of hydrogen-bond donors (Lipinski definition) is 1. The van der Waals surface area contributed by atoms with E-state index in [2.05, 4.69) is 34.1 Å². The van der Waals surface area contributed by atoms with Crippen molar-refractivity contribution in [3.63, 3.8) is 0 Å². The fourth-order valence-corrected chi connectivity index (χ4v) is 3.84. The number of nitrogens with zero attached hydrogens (tertiary/aromatic N) is 2. The molecular formula is C16H19N3O. The molecule has 104 valence electrons. The minimum atomic E-state index is 0.194. The molecule has 1 atom stereocenters. The molecule has 4 rings (SSSR count). The van der Waals surface area contributed by atoms with Crippen LogP contribution in [0, 0.1) is 0 Å². The first kappa shape index (κ1) is 12.0. The quantitative estimate of drug-likeness (QED) is 0.794. The second kappa shape index (κ2) is 4.35. The number of rotatable bonds is 0. The second-order valence-corrected chi connectivity index (χ2v) is 5.73. The lowest BCUT2D eigenvalue weighted by Gasteiger charge is -2.35. The van der Waals surface area contributed by atoms with Crippen LogP contribution in [0.1, 0.15) is 30.6 Å². The maximum atomic E-state index is 11.9. The third-order valence-electron chi connectivity index (χ3n) is 4.68. The van der Waals surface area contributed by atoms with Gasteiger partial charge in [-0.3, -0.25) is 10.1 Å². The van der Waals surface area contributed by atoms with Crippen LogP contribution in [-0.4, -0.2) is 28.5 Å². The average Bonchev–Trinajstić information content (AvgIpc) is 2.63. The summed E-state index contributed by atoms with van der Waals surface area (Å²) in [4.78, 5) is 14.0. The van der Waals surface area contributed by atoms with Gasteiger partial charge in [-0.25, -0.2) is 0 Å². The molecule has 1 N–H and O–H groups in total. The number of hydrogen-bond acceptors (Lipinski definition) is 2. The zero-order valence-electron chi connectivity index (χ0n) is 11.7. The van der Waals surface area contributed by atoms with Crippen molar-refractivity contribution in [1.29, 1.82) is 0 Å². The molecule has 1 unspecified atom stereocenters. The molecule has 1 aromatic carbocycles. The fraction of sp³-hybridized carbons (Fsp3) is 0.438. The first-order valence-electron chi connectivity index (χ1n) is 7.35. The Morgan fingerprint density at radius 1 is 1.35 bits per heavy atom. The van der Waals surface area contributed by atoms with Crippen molar-refractivity contribution in [2.75, 3.05) is 13.1 Å². The number of carbonyl (C=O) groups excluding carboxylic acids is 1. The first-order chi connectivity index (χ1) is 9.77. The van der Waals surface area contributed by atoms with Crippen LogP contribution in [0.3, 0.4) is 0 Å². The molecule has 0 radical (unpaired) electrons. The van der Waals surface area contributed by atoms with Crippen molar-refractivity contribution in [1.82, 2.24) is 14.8 Å². The van der Waals surface area contributed by atoms with Crippen molar-refractivity contribution in [3.8, 4) is 0 Å². The molecular weight excluding hydrogens is 250 g/mol. The Morgan fingerprint density at radius 2 is 2.20 bits per heavy atom. The van der Waals surface area contributed by atoms with Crippen LogP contribution >= 0.6 is 0 Å². The number of fused-ring (bicyclic) bond motifs is 3. The van der Waals surface area contributed by atoms with Crippen LogP contribution < -0.4 is 5.32 Å². The van der Waals surface area contributed by atoms with Crippen molar-refractivity contribution < 1.29 is 4.79 Å². The van der Waals surface area contributed by atoms with E-state index < -0.39 is 0 Å². The zero-order valence-corrected chi connectivity index (χ0v) is 11.7. The Bertz CT molecular complexity index is 688. The Labute approximate surface area is 118 Å². The van der Waals surface area contributed by atoms with E-state index in [4.69, 9.17) is 0 Å². The van der Waals surface area contributed by atoms with E-state index in [0.717, 1.165) is 32.6 Å². The monoisotopic (exact) mass is 269 g/mol. The van der Waals surface area contributed by atoms with Gasteiger partial charge in [-0.15, -0.1) is 0 Å². The molecule has 2 aromatic rings. The minimum Gasteiger partial charge on any atom is -0.334 e. The topological polar surface area (TPSA) is 37.3 Å². The molecule has 0 fully saturated rings. The van der Waals surface area contributed by atoms with Gasteiger partial charge < -0.3 is 9.47 Å². The summed E-state index contributed by atoms with van der Waals surface area (Å²) in [5.74, 6) is 0.194. The van der Waals surface area contributed by atoms with Gasteiger partial charge >= 0.3 is 0 Å². The van der Waals surface area contributed by atoms with Gasteiger partial charge in [0.2, 0.25) is 5.91 Å². The fourth-order valence-electron chi connectivity index (χ4n) is 3.84. The number of benzene rings is 1. The number of nitrogens with one attached hydrogen (secondary N) is 1. The predicted octanol–water partition coefficient (Wildman–Crippen LogP) is 2.04. The van der Waals surface area contributed by atoms with Crippen molar-refractivity contribution in [2.45, 2.75) is 32.5 Å². The maximum absolute atomic E-state index is 11.9. The van der Waals surface area contributed by atoms with E-state index in [-0.39, 0.29) is 11.9 Å². The molecule has 0 spiro atoms. The van der Waals surface area contributed by atoms with E-state index in [0.29, 0.717) is 0 Å². The molecule has 1 aromatic heterocycles. The van der Waals surface area contributed by atoms with Crippen LogP contribution in [0.4, 0.5) is 0 Å². The lowest BCUT2D eigenvalue weighted by atomic mass is 9.95. The van der Waals surface area contributed by atoms with Crippen molar-refractivity contribution >= 4 is 16.8 Å². The summed E-state index contributed by atoms with van der Waals surface area (Å²) in [5, 5.41) is 4.85. The second-order valence-electron chi connectivity index (χ2n) is 5.73. The Balaban J connectivity index is 1.99. The summed E-state index contributed by atoms with van der Waals surface area (Å²) in [6.07, 6.45) is 1.97. The average molecular weight is 269 g/mol. The molecule has 2 aliphatic rings. The van der Waals surface area contributed by atoms with Crippen LogP contribution in [0.15, 0.2) is 24.3 Å². The minimum absolute atomic E-state index is 0.194.